The standard InChI is InChI=1S/C11H13N3O3/c1-7-3-4-8(5-12-7)14-6-9(10(15)16)13(2)11(14)17/h3-5,9H,6H2,1-2H3,(H,15,16). The van der Waals surface area contributed by atoms with Crippen LogP contribution >= 0.6 is 0 Å². The van der Waals surface area contributed by atoms with Gasteiger partial charge in [-0.3, -0.25) is 9.88 Å². The molecule has 1 unspecified atom stereocenters. The van der Waals surface area contributed by atoms with E-state index in [1.807, 2.05) is 6.92 Å². The van der Waals surface area contributed by atoms with Crippen LogP contribution in [0.5, 0.6) is 0 Å². The maximum absolute atomic E-state index is 11.9. The number of hydrogen-bond donors (Lipinski definition) is 1. The van der Waals surface area contributed by atoms with Crippen molar-refractivity contribution >= 4 is 17.7 Å². The van der Waals surface area contributed by atoms with Crippen LogP contribution in [0.15, 0.2) is 18.3 Å². The first kappa shape index (κ1) is 11.4. The molecule has 2 heterocycles. The molecule has 6 heteroatoms. The number of aromatic nitrogens is 1. The normalized spacial score (nSPS) is 19.9. The summed E-state index contributed by atoms with van der Waals surface area (Å²) >= 11 is 0. The largest absolute Gasteiger partial charge is 0.480 e. The highest BCUT2D eigenvalue weighted by Crippen LogP contribution is 2.22. The lowest BCUT2D eigenvalue weighted by atomic mass is 10.3. The summed E-state index contributed by atoms with van der Waals surface area (Å²) in [5.41, 5.74) is 1.47. The molecule has 1 aromatic heterocycles. The SMILES string of the molecule is Cc1ccc(N2CC(C(=O)O)N(C)C2=O)cn1. The third-order valence-electron chi connectivity index (χ3n) is 2.85. The summed E-state index contributed by atoms with van der Waals surface area (Å²) in [4.78, 5) is 29.6. The molecule has 90 valence electrons. The molecule has 0 aliphatic carbocycles. The summed E-state index contributed by atoms with van der Waals surface area (Å²) in [5, 5.41) is 8.97. The highest BCUT2D eigenvalue weighted by molar-refractivity contribution is 5.98. The van der Waals surface area contributed by atoms with Crippen molar-refractivity contribution in [1.29, 1.82) is 0 Å². The van der Waals surface area contributed by atoms with Gasteiger partial charge in [0.25, 0.3) is 0 Å². The van der Waals surface area contributed by atoms with Gasteiger partial charge < -0.3 is 10.0 Å². The predicted octanol–water partition coefficient (Wildman–Crippen LogP) is 0.715. The van der Waals surface area contributed by atoms with Crippen molar-refractivity contribution in [1.82, 2.24) is 9.88 Å². The van der Waals surface area contributed by atoms with Crippen LogP contribution in [0.4, 0.5) is 10.5 Å². The van der Waals surface area contributed by atoms with Gasteiger partial charge in [-0.1, -0.05) is 0 Å². The van der Waals surface area contributed by atoms with Gasteiger partial charge in [0.1, 0.15) is 6.04 Å². The maximum Gasteiger partial charge on any atom is 0.328 e. The first-order chi connectivity index (χ1) is 8.00. The number of carbonyl (C=O) groups excluding carboxylic acids is 1. The highest BCUT2D eigenvalue weighted by atomic mass is 16.4. The Kier molecular flexibility index (Phi) is 2.71. The average Bonchev–Trinajstić information content (AvgIpc) is 2.58. The molecule has 1 atom stereocenters. The number of pyridine rings is 1. The number of anilines is 1. The molecule has 1 aliphatic rings. The Hall–Kier alpha value is -2.11. The number of aliphatic carboxylic acids is 1. The third-order valence-corrected chi connectivity index (χ3v) is 2.85. The van der Waals surface area contributed by atoms with Crippen molar-refractivity contribution in [3.8, 4) is 0 Å². The Morgan fingerprint density at radius 1 is 1.53 bits per heavy atom. The molecule has 2 rings (SSSR count). The number of aryl methyl sites for hydroxylation is 1. The molecule has 0 bridgehead atoms. The Bertz CT molecular complexity index is 458. The fraction of sp³-hybridized carbons (Fsp3) is 0.364. The molecule has 1 saturated heterocycles. The van der Waals surface area contributed by atoms with Gasteiger partial charge in [-0.2, -0.15) is 0 Å². The van der Waals surface area contributed by atoms with Crippen LogP contribution in [0, 0.1) is 6.92 Å². The Balaban J connectivity index is 2.26. The first-order valence-corrected chi connectivity index (χ1v) is 5.20. The molecule has 0 spiro atoms. The minimum Gasteiger partial charge on any atom is -0.480 e. The number of carboxylic acids is 1. The molecule has 2 amide bonds. The number of rotatable bonds is 2. The van der Waals surface area contributed by atoms with E-state index in [-0.39, 0.29) is 12.6 Å². The number of urea groups is 1. The van der Waals surface area contributed by atoms with E-state index in [9.17, 15) is 9.59 Å². The monoisotopic (exact) mass is 235 g/mol. The zero-order chi connectivity index (χ0) is 12.6. The van der Waals surface area contributed by atoms with Crippen molar-refractivity contribution in [2.24, 2.45) is 0 Å². The van der Waals surface area contributed by atoms with E-state index in [1.54, 1.807) is 18.3 Å². The summed E-state index contributed by atoms with van der Waals surface area (Å²) in [6.45, 7) is 2.00. The molecule has 0 radical (unpaired) electrons. The van der Waals surface area contributed by atoms with Crippen molar-refractivity contribution < 1.29 is 14.7 Å². The summed E-state index contributed by atoms with van der Waals surface area (Å²) in [6.07, 6.45) is 1.57. The zero-order valence-electron chi connectivity index (χ0n) is 9.62. The van der Waals surface area contributed by atoms with Crippen LogP contribution in [0.2, 0.25) is 0 Å². The molecule has 1 aromatic rings. The Morgan fingerprint density at radius 2 is 2.24 bits per heavy atom. The van der Waals surface area contributed by atoms with Crippen LogP contribution in [0.25, 0.3) is 0 Å². The van der Waals surface area contributed by atoms with E-state index in [2.05, 4.69) is 4.98 Å². The fourth-order valence-electron chi connectivity index (χ4n) is 1.78. The molecular weight excluding hydrogens is 222 g/mol. The molecular formula is C11H13N3O3. The number of likely N-dealkylation sites (N-methyl/N-ethyl adjacent to an activating group) is 1. The average molecular weight is 235 g/mol. The summed E-state index contributed by atoms with van der Waals surface area (Å²) < 4.78 is 0. The van der Waals surface area contributed by atoms with Gasteiger partial charge in [0.05, 0.1) is 18.4 Å². The summed E-state index contributed by atoms with van der Waals surface area (Å²) in [7, 11) is 1.49. The third kappa shape index (κ3) is 1.93. The molecule has 0 saturated carbocycles. The van der Waals surface area contributed by atoms with Gasteiger partial charge in [0.2, 0.25) is 0 Å². The van der Waals surface area contributed by atoms with Gasteiger partial charge in [0.15, 0.2) is 0 Å². The van der Waals surface area contributed by atoms with Gasteiger partial charge in [-0.15, -0.1) is 0 Å². The number of carbonyl (C=O) groups is 2. The summed E-state index contributed by atoms with van der Waals surface area (Å²) in [6, 6.07) is 2.43. The second-order valence-corrected chi connectivity index (χ2v) is 4.02. The molecule has 1 aliphatic heterocycles. The zero-order valence-corrected chi connectivity index (χ0v) is 9.62. The van der Waals surface area contributed by atoms with Crippen molar-refractivity contribution in [3.63, 3.8) is 0 Å². The second-order valence-electron chi connectivity index (χ2n) is 4.02. The van der Waals surface area contributed by atoms with E-state index >= 15 is 0 Å². The van der Waals surface area contributed by atoms with Crippen LogP contribution < -0.4 is 4.90 Å². The molecule has 0 aromatic carbocycles. The quantitative estimate of drug-likeness (QED) is 0.819. The van der Waals surface area contributed by atoms with E-state index in [0.29, 0.717) is 5.69 Å². The number of carboxylic acid groups (broad SMARTS) is 1. The van der Waals surface area contributed by atoms with Crippen molar-refractivity contribution in [3.05, 3.63) is 24.0 Å². The van der Waals surface area contributed by atoms with E-state index < -0.39 is 12.0 Å². The van der Waals surface area contributed by atoms with Crippen LogP contribution in [0.1, 0.15) is 5.69 Å². The fourth-order valence-corrected chi connectivity index (χ4v) is 1.78. The minimum absolute atomic E-state index is 0.148. The smallest absolute Gasteiger partial charge is 0.328 e. The minimum atomic E-state index is -0.997. The van der Waals surface area contributed by atoms with Gasteiger partial charge >= 0.3 is 12.0 Å². The lowest BCUT2D eigenvalue weighted by molar-refractivity contribution is -0.140. The van der Waals surface area contributed by atoms with Gasteiger partial charge in [0, 0.05) is 12.7 Å². The predicted molar refractivity (Wildman–Crippen MR) is 60.9 cm³/mol. The van der Waals surface area contributed by atoms with Gasteiger partial charge in [-0.05, 0) is 19.1 Å². The molecule has 6 nitrogen and oxygen atoms in total. The lowest BCUT2D eigenvalue weighted by Crippen LogP contribution is -2.36. The number of nitrogens with zero attached hydrogens (tertiary/aromatic N) is 3. The van der Waals surface area contributed by atoms with Crippen LogP contribution in [-0.2, 0) is 4.79 Å². The van der Waals surface area contributed by atoms with Crippen molar-refractivity contribution in [2.75, 3.05) is 18.5 Å². The Labute approximate surface area is 98.5 Å². The lowest BCUT2D eigenvalue weighted by Gasteiger charge is -2.15. The molecule has 1 N–H and O–H groups in total. The van der Waals surface area contributed by atoms with Crippen LogP contribution in [0.3, 0.4) is 0 Å². The van der Waals surface area contributed by atoms with E-state index in [1.165, 1.54) is 16.8 Å². The molecule has 1 fully saturated rings. The number of hydrogen-bond acceptors (Lipinski definition) is 3. The second kappa shape index (κ2) is 4.04. The first-order valence-electron chi connectivity index (χ1n) is 5.20. The number of amides is 2. The van der Waals surface area contributed by atoms with E-state index in [4.69, 9.17) is 5.11 Å². The highest BCUT2D eigenvalue weighted by Gasteiger charge is 2.39. The maximum atomic E-state index is 11.9. The van der Waals surface area contributed by atoms with Crippen LogP contribution in [-0.4, -0.2) is 46.6 Å². The van der Waals surface area contributed by atoms with E-state index in [0.717, 1.165) is 5.69 Å². The topological polar surface area (TPSA) is 73.7 Å². The summed E-state index contributed by atoms with van der Waals surface area (Å²) in [5.74, 6) is -0.997. The molecule has 17 heavy (non-hydrogen) atoms. The van der Waals surface area contributed by atoms with Crippen molar-refractivity contribution in [2.45, 2.75) is 13.0 Å². The Morgan fingerprint density at radius 3 is 2.71 bits per heavy atom. The van der Waals surface area contributed by atoms with Gasteiger partial charge in [-0.25, -0.2) is 9.59 Å².